The minimum Gasteiger partial charge on any atom is -0.357 e. The second-order valence-electron chi connectivity index (χ2n) is 7.96. The topological polar surface area (TPSA) is 62.6 Å². The maximum Gasteiger partial charge on any atom is 0.251 e. The van der Waals surface area contributed by atoms with Crippen LogP contribution in [0.2, 0.25) is 0 Å². The number of rotatable bonds is 11. The summed E-state index contributed by atoms with van der Waals surface area (Å²) in [4.78, 5) is 25.5. The van der Waals surface area contributed by atoms with Crippen LogP contribution >= 0.6 is 11.8 Å². The molecule has 1 amide bonds. The first-order valence-corrected chi connectivity index (χ1v) is 11.7. The predicted octanol–water partition coefficient (Wildman–Crippen LogP) is 2.61. The molecule has 7 heteroatoms. The van der Waals surface area contributed by atoms with Crippen LogP contribution in [0.25, 0.3) is 0 Å². The van der Waals surface area contributed by atoms with Crippen LogP contribution in [0.15, 0.2) is 35.5 Å². The molecule has 0 saturated carbocycles. The molecule has 1 aromatic heterocycles. The number of aromatic nitrogens is 2. The van der Waals surface area contributed by atoms with Crippen molar-refractivity contribution < 1.29 is 9.69 Å². The fourth-order valence-electron chi connectivity index (χ4n) is 2.98. The molecule has 30 heavy (non-hydrogen) atoms. The van der Waals surface area contributed by atoms with Gasteiger partial charge in [0.1, 0.15) is 5.82 Å². The highest BCUT2D eigenvalue weighted by atomic mass is 32.2. The zero-order valence-electron chi connectivity index (χ0n) is 19.2. The average Bonchev–Trinajstić information content (AvgIpc) is 2.73. The van der Waals surface area contributed by atoms with Gasteiger partial charge in [-0.05, 0) is 37.5 Å². The molecular weight excluding hydrogens is 394 g/mol. The zero-order valence-corrected chi connectivity index (χ0v) is 20.0. The van der Waals surface area contributed by atoms with Crippen molar-refractivity contribution in [2.45, 2.75) is 44.5 Å². The standard InChI is InChI=1S/C23H35N5OS/c1-7-28(8-2)21-15-20(17(3)4)25-23(26-21)30-16-18-10-9-11-19(14-18)22(29)24-12-13-27(5)6/h9-11,14-15,17H,7-8,12-13,16H2,1-6H3,(H,24,29)/p+1. The van der Waals surface area contributed by atoms with Gasteiger partial charge in [-0.3, -0.25) is 4.79 Å². The number of carbonyl (C=O) groups excluding carboxylic acids is 1. The molecule has 1 aromatic carbocycles. The third-order valence-corrected chi connectivity index (χ3v) is 5.78. The van der Waals surface area contributed by atoms with Gasteiger partial charge in [-0.25, -0.2) is 9.97 Å². The molecule has 6 nitrogen and oxygen atoms in total. The molecule has 0 radical (unpaired) electrons. The summed E-state index contributed by atoms with van der Waals surface area (Å²) in [6.07, 6.45) is 0. The minimum atomic E-state index is -0.0232. The number of hydrogen-bond acceptors (Lipinski definition) is 5. The van der Waals surface area contributed by atoms with Gasteiger partial charge in [-0.1, -0.05) is 37.7 Å². The van der Waals surface area contributed by atoms with Crippen molar-refractivity contribution in [3.8, 4) is 0 Å². The Morgan fingerprint density at radius 1 is 1.17 bits per heavy atom. The Labute approximate surface area is 185 Å². The highest BCUT2D eigenvalue weighted by Gasteiger charge is 2.13. The van der Waals surface area contributed by atoms with Gasteiger partial charge in [0, 0.05) is 36.2 Å². The number of thioether (sulfide) groups is 1. The molecule has 0 aliphatic carbocycles. The van der Waals surface area contributed by atoms with E-state index in [1.54, 1.807) is 11.8 Å². The van der Waals surface area contributed by atoms with E-state index in [-0.39, 0.29) is 5.91 Å². The number of nitrogens with zero attached hydrogens (tertiary/aromatic N) is 3. The van der Waals surface area contributed by atoms with E-state index in [0.29, 0.717) is 18.0 Å². The van der Waals surface area contributed by atoms with Crippen LogP contribution in [-0.4, -0.2) is 56.1 Å². The zero-order chi connectivity index (χ0) is 22.1. The van der Waals surface area contributed by atoms with E-state index >= 15 is 0 Å². The summed E-state index contributed by atoms with van der Waals surface area (Å²) in [7, 11) is 4.15. The molecule has 0 aliphatic rings. The van der Waals surface area contributed by atoms with Crippen molar-refractivity contribution in [1.82, 2.24) is 15.3 Å². The fourth-order valence-corrected chi connectivity index (χ4v) is 3.78. The van der Waals surface area contributed by atoms with Crippen LogP contribution in [0.3, 0.4) is 0 Å². The maximum atomic E-state index is 12.4. The number of amides is 1. The highest BCUT2D eigenvalue weighted by molar-refractivity contribution is 7.98. The lowest BCUT2D eigenvalue weighted by molar-refractivity contribution is -0.856. The minimum absolute atomic E-state index is 0.0232. The molecule has 0 unspecified atom stereocenters. The lowest BCUT2D eigenvalue weighted by Crippen LogP contribution is -3.06. The number of hydrogen-bond donors (Lipinski definition) is 2. The summed E-state index contributed by atoms with van der Waals surface area (Å²) in [5.74, 6) is 2.03. The van der Waals surface area contributed by atoms with Crippen molar-refractivity contribution in [3.05, 3.63) is 47.2 Å². The van der Waals surface area contributed by atoms with Gasteiger partial charge >= 0.3 is 0 Å². The molecule has 0 bridgehead atoms. The first-order valence-electron chi connectivity index (χ1n) is 10.8. The van der Waals surface area contributed by atoms with E-state index in [9.17, 15) is 4.79 Å². The van der Waals surface area contributed by atoms with Gasteiger partial charge in [0.05, 0.1) is 27.2 Å². The van der Waals surface area contributed by atoms with Gasteiger partial charge < -0.3 is 15.1 Å². The van der Waals surface area contributed by atoms with E-state index in [0.717, 1.165) is 47.6 Å². The summed E-state index contributed by atoms with van der Waals surface area (Å²) in [5.41, 5.74) is 2.85. The number of benzene rings is 1. The molecular formula is C23H36N5OS+. The van der Waals surface area contributed by atoms with Gasteiger partial charge in [0.15, 0.2) is 5.16 Å². The Balaban J connectivity index is 2.10. The smallest absolute Gasteiger partial charge is 0.251 e. The van der Waals surface area contributed by atoms with Crippen molar-refractivity contribution >= 4 is 23.5 Å². The first-order chi connectivity index (χ1) is 14.3. The molecule has 0 atom stereocenters. The Hall–Kier alpha value is -2.12. The number of anilines is 1. The highest BCUT2D eigenvalue weighted by Crippen LogP contribution is 2.26. The quantitative estimate of drug-likeness (QED) is 0.424. The van der Waals surface area contributed by atoms with Gasteiger partial charge in [-0.15, -0.1) is 0 Å². The van der Waals surface area contributed by atoms with Crippen LogP contribution in [0.1, 0.15) is 55.2 Å². The molecule has 1 heterocycles. The van der Waals surface area contributed by atoms with Crippen LogP contribution in [-0.2, 0) is 5.75 Å². The third-order valence-electron chi connectivity index (χ3n) is 4.86. The molecule has 2 N–H and O–H groups in total. The SMILES string of the molecule is CCN(CC)c1cc(C(C)C)nc(SCc2cccc(C(=O)NCC[NH+](C)C)c2)n1. The number of quaternary nitrogens is 1. The van der Waals surface area contributed by atoms with Crippen LogP contribution in [0.4, 0.5) is 5.82 Å². The molecule has 2 aromatic rings. The molecule has 164 valence electrons. The van der Waals surface area contributed by atoms with Crippen molar-refractivity contribution in [2.24, 2.45) is 0 Å². The second kappa shape index (κ2) is 11.9. The summed E-state index contributed by atoms with van der Waals surface area (Å²) in [6, 6.07) is 9.91. The number of likely N-dealkylation sites (N-methyl/N-ethyl adjacent to an activating group) is 1. The molecule has 0 aliphatic heterocycles. The molecule has 2 rings (SSSR count). The lowest BCUT2D eigenvalue weighted by Gasteiger charge is -2.21. The Bertz CT molecular complexity index is 821. The van der Waals surface area contributed by atoms with Crippen molar-refractivity contribution in [1.29, 1.82) is 0 Å². The monoisotopic (exact) mass is 430 g/mol. The number of nitrogens with one attached hydrogen (secondary N) is 2. The average molecular weight is 431 g/mol. The number of carbonyl (C=O) groups is 1. The van der Waals surface area contributed by atoms with Crippen LogP contribution in [0, 0.1) is 0 Å². The summed E-state index contributed by atoms with van der Waals surface area (Å²) >= 11 is 1.62. The first kappa shape index (κ1) is 24.2. The normalized spacial score (nSPS) is 11.2. The molecule has 0 fully saturated rings. The summed E-state index contributed by atoms with van der Waals surface area (Å²) in [5, 5.41) is 3.77. The Morgan fingerprint density at radius 2 is 1.90 bits per heavy atom. The van der Waals surface area contributed by atoms with E-state index in [1.807, 2.05) is 24.3 Å². The maximum absolute atomic E-state index is 12.4. The third kappa shape index (κ3) is 7.29. The van der Waals surface area contributed by atoms with Gasteiger partial charge in [0.25, 0.3) is 5.91 Å². The van der Waals surface area contributed by atoms with Crippen LogP contribution in [0.5, 0.6) is 0 Å². The van der Waals surface area contributed by atoms with E-state index < -0.39 is 0 Å². The second-order valence-corrected chi connectivity index (χ2v) is 8.91. The van der Waals surface area contributed by atoms with Crippen molar-refractivity contribution in [3.63, 3.8) is 0 Å². The van der Waals surface area contributed by atoms with Gasteiger partial charge in [-0.2, -0.15) is 0 Å². The Morgan fingerprint density at radius 3 is 2.53 bits per heavy atom. The molecule has 0 saturated heterocycles. The lowest BCUT2D eigenvalue weighted by atomic mass is 10.1. The molecule has 0 spiro atoms. The van der Waals surface area contributed by atoms with E-state index in [2.05, 4.69) is 58.1 Å². The summed E-state index contributed by atoms with van der Waals surface area (Å²) in [6.45, 7) is 12.0. The van der Waals surface area contributed by atoms with E-state index in [4.69, 9.17) is 9.97 Å². The largest absolute Gasteiger partial charge is 0.357 e. The van der Waals surface area contributed by atoms with Gasteiger partial charge in [0.2, 0.25) is 0 Å². The van der Waals surface area contributed by atoms with Crippen molar-refractivity contribution in [2.75, 3.05) is 45.2 Å². The fraction of sp³-hybridized carbons (Fsp3) is 0.522. The summed E-state index contributed by atoms with van der Waals surface area (Å²) < 4.78 is 0. The predicted molar refractivity (Wildman–Crippen MR) is 126 cm³/mol. The Kier molecular flexibility index (Phi) is 9.59. The van der Waals surface area contributed by atoms with Crippen LogP contribution < -0.4 is 15.1 Å². The van der Waals surface area contributed by atoms with E-state index in [1.165, 1.54) is 4.90 Å².